The molecule has 2 aromatic rings. The zero-order chi connectivity index (χ0) is 25.5. The lowest BCUT2D eigenvalue weighted by Crippen LogP contribution is -2.49. The summed E-state index contributed by atoms with van der Waals surface area (Å²) in [5.74, 6) is 2.58. The van der Waals surface area contributed by atoms with Gasteiger partial charge in [-0.05, 0) is 35.7 Å². The van der Waals surface area contributed by atoms with Gasteiger partial charge in [0.1, 0.15) is 0 Å². The van der Waals surface area contributed by atoms with Crippen molar-refractivity contribution in [3.8, 4) is 11.8 Å². The number of carbonyl (C=O) groups excluding carboxylic acids is 3. The van der Waals surface area contributed by atoms with Gasteiger partial charge in [-0.1, -0.05) is 29.1 Å². The number of thiophene rings is 1. The molecule has 1 aromatic heterocycles. The second-order valence-electron chi connectivity index (χ2n) is 7.97. The molecule has 12 heteroatoms. The second kappa shape index (κ2) is 12.1. The van der Waals surface area contributed by atoms with E-state index in [9.17, 15) is 19.2 Å². The number of fused-ring (bicyclic) bond motifs is 1. The third-order valence-corrected chi connectivity index (χ3v) is 7.51. The minimum atomic E-state index is -1.14. The van der Waals surface area contributed by atoms with Gasteiger partial charge in [0.2, 0.25) is 5.91 Å². The highest BCUT2D eigenvalue weighted by atomic mass is 35.5. The Morgan fingerprint density at radius 3 is 2.60 bits per heavy atom. The number of piperidine rings is 1. The van der Waals surface area contributed by atoms with Crippen molar-refractivity contribution >= 4 is 68.4 Å². The average molecular weight is 539 g/mol. The van der Waals surface area contributed by atoms with Gasteiger partial charge in [0.15, 0.2) is 0 Å². The molecule has 1 aliphatic rings. The molecule has 1 aliphatic heterocycles. The lowest BCUT2D eigenvalue weighted by Gasteiger charge is -2.32. The highest BCUT2D eigenvalue weighted by Crippen LogP contribution is 2.36. The number of urea groups is 1. The SMILES string of the molecule is CNC(=O)NCC(CC(=O)O)C(=O)NC1CCN(C(=O)C#Cc2cc3ccsc3c(Cl)c2Cl)CC1. The summed E-state index contributed by atoms with van der Waals surface area (Å²) < 4.78 is 0.868. The van der Waals surface area contributed by atoms with Gasteiger partial charge in [-0.3, -0.25) is 14.4 Å². The van der Waals surface area contributed by atoms with E-state index in [4.69, 9.17) is 28.3 Å². The number of hydrogen-bond acceptors (Lipinski definition) is 5. The number of aliphatic carboxylic acids is 1. The van der Waals surface area contributed by atoms with Crippen molar-refractivity contribution in [3.63, 3.8) is 0 Å². The topological polar surface area (TPSA) is 128 Å². The number of halogens is 2. The van der Waals surface area contributed by atoms with Gasteiger partial charge in [0.25, 0.3) is 5.91 Å². The van der Waals surface area contributed by atoms with E-state index in [1.807, 2.05) is 11.4 Å². The van der Waals surface area contributed by atoms with Crippen LogP contribution in [0.4, 0.5) is 4.79 Å². The van der Waals surface area contributed by atoms with Gasteiger partial charge in [-0.15, -0.1) is 11.3 Å². The van der Waals surface area contributed by atoms with Crippen LogP contribution in [0.1, 0.15) is 24.8 Å². The molecule has 1 fully saturated rings. The predicted molar refractivity (Wildman–Crippen MR) is 135 cm³/mol. The van der Waals surface area contributed by atoms with Crippen LogP contribution >= 0.6 is 34.5 Å². The van der Waals surface area contributed by atoms with Crippen LogP contribution in [-0.2, 0) is 14.4 Å². The van der Waals surface area contributed by atoms with Crippen LogP contribution in [0.15, 0.2) is 17.5 Å². The average Bonchev–Trinajstić information content (AvgIpc) is 3.31. The molecule has 0 bridgehead atoms. The van der Waals surface area contributed by atoms with Gasteiger partial charge in [-0.25, -0.2) is 4.79 Å². The second-order valence-corrected chi connectivity index (χ2v) is 9.64. The third kappa shape index (κ3) is 7.01. The first-order valence-corrected chi connectivity index (χ1v) is 12.5. The van der Waals surface area contributed by atoms with Crippen molar-refractivity contribution in [2.75, 3.05) is 26.7 Å². The fraction of sp³-hybridized carbons (Fsp3) is 0.391. The molecule has 4 N–H and O–H groups in total. The molecule has 1 unspecified atom stereocenters. The molecule has 1 aromatic carbocycles. The Hall–Kier alpha value is -3.00. The van der Waals surface area contributed by atoms with Crippen molar-refractivity contribution < 1.29 is 24.3 Å². The van der Waals surface area contributed by atoms with Crippen LogP contribution in [0.5, 0.6) is 0 Å². The summed E-state index contributed by atoms with van der Waals surface area (Å²) in [6.45, 7) is 0.668. The van der Waals surface area contributed by atoms with E-state index < -0.39 is 30.2 Å². The summed E-state index contributed by atoms with van der Waals surface area (Å²) in [5, 5.41) is 20.3. The molecule has 1 saturated heterocycles. The minimum absolute atomic E-state index is 0.103. The van der Waals surface area contributed by atoms with Crippen LogP contribution in [-0.4, -0.2) is 66.5 Å². The molecule has 186 valence electrons. The lowest BCUT2D eigenvalue weighted by molar-refractivity contribution is -0.141. The summed E-state index contributed by atoms with van der Waals surface area (Å²) in [5.41, 5.74) is 0.480. The number of carbonyl (C=O) groups is 4. The number of nitrogens with one attached hydrogen (secondary N) is 3. The molecule has 9 nitrogen and oxygen atoms in total. The molecule has 0 saturated carbocycles. The van der Waals surface area contributed by atoms with E-state index in [1.54, 1.807) is 11.0 Å². The summed E-state index contributed by atoms with van der Waals surface area (Å²) in [6, 6.07) is 2.99. The maximum absolute atomic E-state index is 12.6. The highest BCUT2D eigenvalue weighted by Gasteiger charge is 2.27. The molecule has 1 atom stereocenters. The number of benzene rings is 1. The predicted octanol–water partition coefficient (Wildman–Crippen LogP) is 2.69. The maximum Gasteiger partial charge on any atom is 0.314 e. The van der Waals surface area contributed by atoms with Crippen molar-refractivity contribution in [2.45, 2.75) is 25.3 Å². The zero-order valence-corrected chi connectivity index (χ0v) is 21.1. The number of likely N-dealkylation sites (tertiary alicyclic amines) is 1. The van der Waals surface area contributed by atoms with Gasteiger partial charge in [0.05, 0.1) is 27.1 Å². The fourth-order valence-corrected chi connectivity index (χ4v) is 5.07. The number of amides is 4. The molecular formula is C23H24Cl2N4O5S. The quantitative estimate of drug-likeness (QED) is 0.420. The summed E-state index contributed by atoms with van der Waals surface area (Å²) in [4.78, 5) is 49.3. The molecule has 0 spiro atoms. The van der Waals surface area contributed by atoms with Crippen molar-refractivity contribution in [2.24, 2.45) is 5.92 Å². The zero-order valence-electron chi connectivity index (χ0n) is 18.8. The number of carboxylic acids is 1. The van der Waals surface area contributed by atoms with Crippen LogP contribution in [0.25, 0.3) is 10.1 Å². The fourth-order valence-electron chi connectivity index (χ4n) is 3.66. The Bertz CT molecular complexity index is 1200. The Kier molecular flexibility index (Phi) is 9.20. The molecule has 35 heavy (non-hydrogen) atoms. The minimum Gasteiger partial charge on any atom is -0.481 e. The van der Waals surface area contributed by atoms with Gasteiger partial charge in [0, 0.05) is 44.2 Å². The molecule has 4 amide bonds. The van der Waals surface area contributed by atoms with Crippen LogP contribution in [0, 0.1) is 17.8 Å². The van der Waals surface area contributed by atoms with Crippen molar-refractivity contribution in [1.29, 1.82) is 0 Å². The van der Waals surface area contributed by atoms with Gasteiger partial charge in [-0.2, -0.15) is 0 Å². The van der Waals surface area contributed by atoms with E-state index in [2.05, 4.69) is 27.8 Å². The number of carboxylic acid groups (broad SMARTS) is 1. The van der Waals surface area contributed by atoms with E-state index in [0.29, 0.717) is 41.5 Å². The Morgan fingerprint density at radius 2 is 1.94 bits per heavy atom. The van der Waals surface area contributed by atoms with Crippen LogP contribution in [0.2, 0.25) is 10.0 Å². The molecular weight excluding hydrogens is 515 g/mol. The Morgan fingerprint density at radius 1 is 1.23 bits per heavy atom. The van der Waals surface area contributed by atoms with Crippen molar-refractivity contribution in [1.82, 2.24) is 20.9 Å². The normalized spacial score (nSPS) is 14.5. The van der Waals surface area contributed by atoms with Gasteiger partial charge < -0.3 is 26.0 Å². The highest BCUT2D eigenvalue weighted by molar-refractivity contribution is 7.18. The van der Waals surface area contributed by atoms with E-state index in [1.165, 1.54) is 18.4 Å². The van der Waals surface area contributed by atoms with Crippen molar-refractivity contribution in [3.05, 3.63) is 33.1 Å². The van der Waals surface area contributed by atoms with Crippen LogP contribution < -0.4 is 16.0 Å². The number of rotatable bonds is 6. The number of nitrogens with zero attached hydrogens (tertiary/aromatic N) is 1. The lowest BCUT2D eigenvalue weighted by atomic mass is 10.0. The Balaban J connectivity index is 1.55. The van der Waals surface area contributed by atoms with Crippen LogP contribution in [0.3, 0.4) is 0 Å². The largest absolute Gasteiger partial charge is 0.481 e. The van der Waals surface area contributed by atoms with E-state index >= 15 is 0 Å². The van der Waals surface area contributed by atoms with E-state index in [0.717, 1.165) is 10.1 Å². The molecule has 3 rings (SSSR count). The molecule has 0 aliphatic carbocycles. The van der Waals surface area contributed by atoms with E-state index in [-0.39, 0.29) is 18.5 Å². The smallest absolute Gasteiger partial charge is 0.314 e. The first-order valence-electron chi connectivity index (χ1n) is 10.8. The summed E-state index contributed by atoms with van der Waals surface area (Å²) in [6.07, 6.45) is 0.580. The first kappa shape index (κ1) is 26.6. The monoisotopic (exact) mass is 538 g/mol. The maximum atomic E-state index is 12.6. The first-order chi connectivity index (χ1) is 16.7. The standard InChI is InChI=1S/C23H24Cl2N4O5S/c1-26-23(34)27-12-15(11-18(31)32)22(33)28-16-4-7-29(8-5-16)17(30)3-2-13-10-14-6-9-35-21(14)20(25)19(13)24/h6,9-10,15-16H,4-5,7-8,11-12H2,1H3,(H,28,33)(H,31,32)(H2,26,27,34). The molecule has 2 heterocycles. The third-order valence-electron chi connectivity index (χ3n) is 5.58. The number of hydrogen-bond donors (Lipinski definition) is 4. The Labute approximate surface area is 216 Å². The summed E-state index contributed by atoms with van der Waals surface area (Å²) >= 11 is 14.1. The molecule has 0 radical (unpaired) electrons. The summed E-state index contributed by atoms with van der Waals surface area (Å²) in [7, 11) is 1.42. The van der Waals surface area contributed by atoms with Gasteiger partial charge >= 0.3 is 12.0 Å².